The Morgan fingerprint density at radius 2 is 2.12 bits per heavy atom. The lowest BCUT2D eigenvalue weighted by atomic mass is 10.1. The normalized spacial score (nSPS) is 12.6. The Balaban J connectivity index is 0.00000312. The van der Waals surface area contributed by atoms with Crippen molar-refractivity contribution in [3.63, 3.8) is 0 Å². The summed E-state index contributed by atoms with van der Waals surface area (Å²) < 4.78 is 1.95. The minimum atomic E-state index is 0. The summed E-state index contributed by atoms with van der Waals surface area (Å²) in [5.41, 5.74) is 5.04. The minimum absolute atomic E-state index is 0. The van der Waals surface area contributed by atoms with E-state index >= 15 is 0 Å². The van der Waals surface area contributed by atoms with Gasteiger partial charge in [-0.2, -0.15) is 16.4 Å². The second kappa shape index (κ2) is 10.8. The van der Waals surface area contributed by atoms with Gasteiger partial charge in [0.05, 0.1) is 5.69 Å². The van der Waals surface area contributed by atoms with E-state index in [1.165, 1.54) is 16.8 Å². The van der Waals surface area contributed by atoms with Crippen molar-refractivity contribution < 1.29 is 0 Å². The van der Waals surface area contributed by atoms with E-state index in [1.54, 1.807) is 11.3 Å². The fraction of sp³-hybridized carbons (Fsp3) is 0.556. The standard InChI is InChI=1S/C18H29N5S.HI/c1-6-19-18(21-11-13(2)16-8-10-24-12-16)20-9-7-17-14(3)22-23(5)15(17)4;/h8,10,12-13H,6-7,9,11H2,1-5H3,(H2,19,20,21);1H. The summed E-state index contributed by atoms with van der Waals surface area (Å²) in [4.78, 5) is 4.73. The van der Waals surface area contributed by atoms with Crippen LogP contribution in [0.3, 0.4) is 0 Å². The number of halogens is 1. The summed E-state index contributed by atoms with van der Waals surface area (Å²) in [5.74, 6) is 1.33. The van der Waals surface area contributed by atoms with E-state index in [9.17, 15) is 0 Å². The van der Waals surface area contributed by atoms with Gasteiger partial charge in [-0.15, -0.1) is 24.0 Å². The van der Waals surface area contributed by atoms with Gasteiger partial charge in [-0.3, -0.25) is 9.67 Å². The highest BCUT2D eigenvalue weighted by molar-refractivity contribution is 14.0. The molecule has 2 aromatic rings. The molecule has 7 heteroatoms. The van der Waals surface area contributed by atoms with Crippen LogP contribution >= 0.6 is 35.3 Å². The van der Waals surface area contributed by atoms with E-state index in [0.29, 0.717) is 5.92 Å². The molecular weight excluding hydrogens is 445 g/mol. The van der Waals surface area contributed by atoms with Crippen LogP contribution in [0.25, 0.3) is 0 Å². The molecule has 1 unspecified atom stereocenters. The van der Waals surface area contributed by atoms with E-state index in [1.807, 2.05) is 11.7 Å². The molecule has 0 aliphatic rings. The Labute approximate surface area is 172 Å². The summed E-state index contributed by atoms with van der Waals surface area (Å²) in [6, 6.07) is 2.18. The molecule has 0 saturated heterocycles. The second-order valence-corrected chi connectivity index (χ2v) is 6.91. The smallest absolute Gasteiger partial charge is 0.191 e. The molecule has 0 saturated carbocycles. The quantitative estimate of drug-likeness (QED) is 0.366. The van der Waals surface area contributed by atoms with Gasteiger partial charge in [-0.05, 0) is 55.1 Å². The molecule has 0 amide bonds. The fourth-order valence-corrected chi connectivity index (χ4v) is 3.50. The predicted octanol–water partition coefficient (Wildman–Crippen LogP) is 3.62. The van der Waals surface area contributed by atoms with E-state index in [0.717, 1.165) is 37.7 Å². The molecule has 0 fully saturated rings. The van der Waals surface area contributed by atoms with Crippen molar-refractivity contribution in [3.8, 4) is 0 Å². The Morgan fingerprint density at radius 3 is 2.68 bits per heavy atom. The minimum Gasteiger partial charge on any atom is -0.357 e. The molecule has 2 N–H and O–H groups in total. The van der Waals surface area contributed by atoms with Gasteiger partial charge in [0, 0.05) is 38.3 Å². The highest BCUT2D eigenvalue weighted by Gasteiger charge is 2.09. The topological polar surface area (TPSA) is 54.2 Å². The molecule has 0 aliphatic heterocycles. The third-order valence-corrected chi connectivity index (χ3v) is 5.01. The van der Waals surface area contributed by atoms with Gasteiger partial charge in [0.2, 0.25) is 0 Å². The molecule has 0 spiro atoms. The van der Waals surface area contributed by atoms with Crippen LogP contribution < -0.4 is 10.6 Å². The summed E-state index contributed by atoms with van der Waals surface area (Å²) in [5, 5.41) is 15.6. The Kier molecular flexibility index (Phi) is 9.48. The molecule has 2 aromatic heterocycles. The molecule has 0 radical (unpaired) electrons. The fourth-order valence-electron chi connectivity index (χ4n) is 2.72. The van der Waals surface area contributed by atoms with Crippen molar-refractivity contribution in [1.82, 2.24) is 20.4 Å². The molecule has 140 valence electrons. The predicted molar refractivity (Wildman–Crippen MR) is 119 cm³/mol. The number of hydrogen-bond donors (Lipinski definition) is 2. The van der Waals surface area contributed by atoms with Crippen LogP contribution in [0.2, 0.25) is 0 Å². The van der Waals surface area contributed by atoms with Crippen LogP contribution in [-0.4, -0.2) is 35.4 Å². The number of guanidine groups is 1. The molecule has 0 aromatic carbocycles. The SMILES string of the molecule is CCNC(=NCC(C)c1ccsc1)NCCc1c(C)nn(C)c1C.I. The van der Waals surface area contributed by atoms with Crippen molar-refractivity contribution >= 4 is 41.3 Å². The molecule has 5 nitrogen and oxygen atoms in total. The second-order valence-electron chi connectivity index (χ2n) is 6.13. The van der Waals surface area contributed by atoms with Gasteiger partial charge in [0.25, 0.3) is 0 Å². The Hall–Kier alpha value is -1.09. The maximum absolute atomic E-state index is 4.73. The Bertz CT molecular complexity index is 663. The lowest BCUT2D eigenvalue weighted by molar-refractivity contribution is 0.728. The zero-order valence-corrected chi connectivity index (χ0v) is 18.9. The summed E-state index contributed by atoms with van der Waals surface area (Å²) >= 11 is 1.74. The molecular formula is C18H30IN5S. The van der Waals surface area contributed by atoms with E-state index < -0.39 is 0 Å². The summed E-state index contributed by atoms with van der Waals surface area (Å²) in [6.45, 7) is 11.0. The van der Waals surface area contributed by atoms with E-state index in [-0.39, 0.29) is 24.0 Å². The van der Waals surface area contributed by atoms with Gasteiger partial charge in [0.15, 0.2) is 5.96 Å². The number of aryl methyl sites for hydroxylation is 2. The number of aromatic nitrogens is 2. The summed E-state index contributed by atoms with van der Waals surface area (Å²) in [7, 11) is 2.00. The first-order valence-corrected chi connectivity index (χ1v) is 9.50. The van der Waals surface area contributed by atoms with E-state index in [2.05, 4.69) is 60.3 Å². The molecule has 2 rings (SSSR count). The largest absolute Gasteiger partial charge is 0.357 e. The first-order chi connectivity index (χ1) is 11.5. The van der Waals surface area contributed by atoms with Gasteiger partial charge in [-0.1, -0.05) is 6.92 Å². The summed E-state index contributed by atoms with van der Waals surface area (Å²) in [6.07, 6.45) is 0.954. The average Bonchev–Trinajstić information content (AvgIpc) is 3.16. The highest BCUT2D eigenvalue weighted by atomic mass is 127. The van der Waals surface area contributed by atoms with Crippen molar-refractivity contribution in [2.75, 3.05) is 19.6 Å². The van der Waals surface area contributed by atoms with Crippen molar-refractivity contribution in [1.29, 1.82) is 0 Å². The van der Waals surface area contributed by atoms with Crippen molar-refractivity contribution in [2.45, 2.75) is 40.0 Å². The van der Waals surface area contributed by atoms with Gasteiger partial charge < -0.3 is 10.6 Å². The van der Waals surface area contributed by atoms with Crippen LogP contribution in [0.5, 0.6) is 0 Å². The van der Waals surface area contributed by atoms with Crippen LogP contribution in [0.15, 0.2) is 21.8 Å². The van der Waals surface area contributed by atoms with Crippen LogP contribution in [0.4, 0.5) is 0 Å². The molecule has 25 heavy (non-hydrogen) atoms. The molecule has 0 aliphatic carbocycles. The maximum Gasteiger partial charge on any atom is 0.191 e. The average molecular weight is 475 g/mol. The third kappa shape index (κ3) is 6.29. The number of hydrogen-bond acceptors (Lipinski definition) is 3. The van der Waals surface area contributed by atoms with Crippen LogP contribution in [0, 0.1) is 13.8 Å². The zero-order chi connectivity index (χ0) is 17.5. The first-order valence-electron chi connectivity index (χ1n) is 8.56. The van der Waals surface area contributed by atoms with E-state index in [4.69, 9.17) is 4.99 Å². The number of nitrogens with zero attached hydrogens (tertiary/aromatic N) is 3. The third-order valence-electron chi connectivity index (χ3n) is 4.31. The number of aliphatic imine (C=N–C) groups is 1. The van der Waals surface area contributed by atoms with Gasteiger partial charge >= 0.3 is 0 Å². The lowest BCUT2D eigenvalue weighted by Gasteiger charge is -2.13. The van der Waals surface area contributed by atoms with Gasteiger partial charge in [0.1, 0.15) is 0 Å². The monoisotopic (exact) mass is 475 g/mol. The number of thiophene rings is 1. The zero-order valence-electron chi connectivity index (χ0n) is 15.8. The Morgan fingerprint density at radius 1 is 1.36 bits per heavy atom. The first kappa shape index (κ1) is 22.0. The molecule has 1 atom stereocenters. The van der Waals surface area contributed by atoms with Gasteiger partial charge in [-0.25, -0.2) is 0 Å². The highest BCUT2D eigenvalue weighted by Crippen LogP contribution is 2.18. The number of nitrogens with one attached hydrogen (secondary N) is 2. The van der Waals surface area contributed by atoms with Crippen molar-refractivity contribution in [3.05, 3.63) is 39.3 Å². The molecule has 2 heterocycles. The molecule has 0 bridgehead atoms. The number of rotatable bonds is 7. The van der Waals surface area contributed by atoms with Crippen molar-refractivity contribution in [2.24, 2.45) is 12.0 Å². The van der Waals surface area contributed by atoms with Crippen LogP contribution in [-0.2, 0) is 13.5 Å². The maximum atomic E-state index is 4.73. The van der Waals surface area contributed by atoms with Crippen LogP contribution in [0.1, 0.15) is 42.3 Å². The lowest BCUT2D eigenvalue weighted by Crippen LogP contribution is -2.38.